The zero-order valence-electron chi connectivity index (χ0n) is 49.6. The van der Waals surface area contributed by atoms with Crippen LogP contribution >= 0.6 is 0 Å². The molecule has 0 aliphatic rings. The first-order chi connectivity index (χ1) is 37.6. The van der Waals surface area contributed by atoms with Gasteiger partial charge in [-0.25, -0.2) is 23.7 Å². The molecule has 0 saturated heterocycles. The van der Waals surface area contributed by atoms with Gasteiger partial charge in [0.2, 0.25) is 0 Å². The largest absolute Gasteiger partial charge is 0.497 e. The van der Waals surface area contributed by atoms with E-state index >= 15 is 0 Å². The second-order valence-corrected chi connectivity index (χ2v) is 47.0. The second kappa shape index (κ2) is 36.3. The van der Waals surface area contributed by atoms with Crippen molar-refractivity contribution >= 4 is 107 Å². The first-order valence-electron chi connectivity index (χ1n) is 23.5. The van der Waals surface area contributed by atoms with Gasteiger partial charge in [-0.05, 0) is 65.5 Å². The van der Waals surface area contributed by atoms with Crippen LogP contribution in [0, 0.1) is 0 Å². The Morgan fingerprint density at radius 2 is 0.477 bits per heavy atom. The smallest absolute Gasteiger partial charge is 0.419 e. The predicted octanol–water partition coefficient (Wildman–Crippen LogP) is -17.0. The number of rotatable bonds is 34. The SMILES string of the molecule is C[SiH](C)OC(O)(OC(O)(O)OC(O)(O)O)OC(O)(O)O[Si](C)(O)O.C[SiH](C)OC(O)(OC(O)(O)OC(O)(O)O)O[Si](C)(O)O.C[SiH](C)OC(O)(O[Si](C)(O)O)O[Si](C)(O)O.C[SiH](C)O[Si](C)(O)OC(O)(O)O.C[SiH](C)O[Si](C)(O)O[Si](C)(O)OC(O)(O)O. The zero-order valence-corrected chi connectivity index (χ0v) is 62.4. The van der Waals surface area contributed by atoms with E-state index in [0.717, 1.165) is 26.2 Å². The fourth-order valence-electron chi connectivity index (χ4n) is 4.81. The lowest BCUT2D eigenvalue weighted by molar-refractivity contribution is -0.670. The molecule has 0 aromatic heterocycles. The minimum atomic E-state index is -4.64. The average Bonchev–Trinajstić information content (AvgIpc) is 2.99. The molecule has 49 nitrogen and oxygen atoms in total. The number of aliphatic hydroxyl groups is 21. The maximum atomic E-state index is 9.82. The highest BCUT2D eigenvalue weighted by atomic mass is 28.5. The molecule has 61 heteroatoms. The highest BCUT2D eigenvalue weighted by Gasteiger charge is 2.55. The van der Waals surface area contributed by atoms with E-state index in [1.165, 1.54) is 39.3 Å². The van der Waals surface area contributed by atoms with Gasteiger partial charge < -0.3 is 186 Å². The number of ether oxygens (including phenoxy) is 5. The molecule has 0 radical (unpaired) electrons. The van der Waals surface area contributed by atoms with Crippen LogP contribution in [0.5, 0.6) is 0 Å². The Bertz CT molecular complexity index is 1860. The molecule has 5 unspecified atom stereocenters. The molecule has 0 spiro atoms. The van der Waals surface area contributed by atoms with Crippen molar-refractivity contribution in [1.29, 1.82) is 0 Å². The van der Waals surface area contributed by atoms with Crippen molar-refractivity contribution < 1.29 is 236 Å². The van der Waals surface area contributed by atoms with Crippen molar-refractivity contribution in [2.45, 2.75) is 173 Å². The van der Waals surface area contributed by atoms with Gasteiger partial charge in [-0.2, -0.15) is 0 Å². The van der Waals surface area contributed by atoms with Crippen molar-refractivity contribution in [1.82, 2.24) is 0 Å². The van der Waals surface area contributed by atoms with Crippen LogP contribution in [0.2, 0.25) is 111 Å². The van der Waals surface area contributed by atoms with Crippen LogP contribution in [0.15, 0.2) is 0 Å². The molecule has 0 amide bonds. The summed E-state index contributed by atoms with van der Waals surface area (Å²) in [5.41, 5.74) is 0. The molecular formula is C27H88O49Si12. The average molecular weight is 1530 g/mol. The zero-order chi connectivity index (χ0) is 72.4. The normalized spacial score (nSPS) is 17.5. The van der Waals surface area contributed by atoms with Crippen LogP contribution in [-0.4, -0.2) is 328 Å². The van der Waals surface area contributed by atoms with Crippen LogP contribution in [0.25, 0.3) is 0 Å². The molecule has 0 bridgehead atoms. The van der Waals surface area contributed by atoms with Gasteiger partial charge in [0.25, 0.3) is 0 Å². The van der Waals surface area contributed by atoms with E-state index in [1.54, 1.807) is 39.3 Å². The van der Waals surface area contributed by atoms with E-state index in [2.05, 4.69) is 59.1 Å². The van der Waals surface area contributed by atoms with Gasteiger partial charge >= 0.3 is 123 Å². The third-order valence-electron chi connectivity index (χ3n) is 5.71. The third-order valence-corrected chi connectivity index (χ3v) is 22.2. The van der Waals surface area contributed by atoms with E-state index in [4.69, 9.17) is 137 Å². The summed E-state index contributed by atoms with van der Waals surface area (Å²) in [5, 5.41) is 185. The Morgan fingerprint density at radius 3 is 0.739 bits per heavy atom. The van der Waals surface area contributed by atoms with Crippen LogP contribution in [0.3, 0.4) is 0 Å². The summed E-state index contributed by atoms with van der Waals surface area (Å²) in [7, 11) is -38.3. The number of hydrogen-bond acceptors (Lipinski definition) is 49. The lowest BCUT2D eigenvalue weighted by Gasteiger charge is -2.37. The van der Waals surface area contributed by atoms with Crippen molar-refractivity contribution in [2.75, 3.05) is 0 Å². The Morgan fingerprint density at radius 1 is 0.239 bits per heavy atom. The molecule has 538 valence electrons. The van der Waals surface area contributed by atoms with Gasteiger partial charge in [-0.1, -0.05) is 0 Å². The Balaban J connectivity index is -0.000000332. The maximum absolute atomic E-state index is 9.82. The standard InChI is InChI=1S/C7H20O15Si2.C6H18O12Si2.2C5H18O8Si3.C4H14O6Si2/c1-23(2)21-7(15,19-5(11,12)18-4(8,9)10)20-6(13,14)22-24(3,16)17;1-19(2)17-6(12,18-20(3,13)14)16-5(10,11)15-4(7,8)9;1-14(2)11-5(6,12-15(3,7)8)13-16(4,9)10;1-14(2)12-16(4,10)13-15(3,9)11-5(6,7)8;1-11(2)10-12(3,8)9-4(5,6)7/h8-17,23H,1-3H3;7-14,19H,1-3H3;2*6-10,14H,1-4H3;5-8,11H,1-3H3. The third kappa shape index (κ3) is 66.7. The molecule has 5 atom stereocenters. The lowest BCUT2D eigenvalue weighted by atomic mass is 10.9. The topological polar surface area (TPSA) is 804 Å². The molecule has 0 heterocycles. The van der Waals surface area contributed by atoms with E-state index in [-0.39, 0.29) is 0 Å². The molecule has 0 aliphatic heterocycles. The Labute approximate surface area is 513 Å². The Kier molecular flexibility index (Phi) is 40.1. The van der Waals surface area contributed by atoms with Crippen molar-refractivity contribution in [3.8, 4) is 0 Å². The van der Waals surface area contributed by atoms with Gasteiger partial charge in [0.05, 0.1) is 0 Å². The molecule has 0 saturated carbocycles. The first-order valence-corrected chi connectivity index (χ1v) is 53.4. The van der Waals surface area contributed by atoms with Crippen molar-refractivity contribution in [2.24, 2.45) is 0 Å². The fourth-order valence-corrected chi connectivity index (χ4v) is 21.3. The Hall–Kier alpha value is 0.643. The molecule has 0 aromatic rings. The lowest BCUT2D eigenvalue weighted by Crippen LogP contribution is -2.60. The minimum absolute atomic E-state index is 0.638. The molecule has 0 rings (SSSR count). The molecular weight excluding hydrogens is 1450 g/mol. The molecule has 88 heavy (non-hydrogen) atoms. The predicted molar refractivity (Wildman–Crippen MR) is 292 cm³/mol. The van der Waals surface area contributed by atoms with Gasteiger partial charge in [0.1, 0.15) is 0 Å². The van der Waals surface area contributed by atoms with E-state index in [9.17, 15) is 39.9 Å². The number of hydrogen-bond donors (Lipinski definition) is 32. The molecule has 0 fully saturated rings. The molecule has 0 aromatic carbocycles. The van der Waals surface area contributed by atoms with Gasteiger partial charge in [-0.15, -0.1) is 0 Å². The minimum Gasteiger partial charge on any atom is -0.419 e. The van der Waals surface area contributed by atoms with Crippen LogP contribution in [0.1, 0.15) is 0 Å². The van der Waals surface area contributed by atoms with E-state index < -0.39 is 168 Å². The molecule has 0 aliphatic carbocycles. The maximum Gasteiger partial charge on any atom is 0.497 e. The van der Waals surface area contributed by atoms with E-state index in [0.29, 0.717) is 6.55 Å². The quantitative estimate of drug-likeness (QED) is 0.0210. The summed E-state index contributed by atoms with van der Waals surface area (Å²) >= 11 is 0. The summed E-state index contributed by atoms with van der Waals surface area (Å²) in [6, 6.07) is 0. The van der Waals surface area contributed by atoms with Crippen LogP contribution < -0.4 is 0 Å². The summed E-state index contributed by atoms with van der Waals surface area (Å²) < 4.78 is 72.8. The van der Waals surface area contributed by atoms with Crippen LogP contribution in [-0.2, 0) is 75.9 Å². The second-order valence-electron chi connectivity index (χ2n) is 19.0. The van der Waals surface area contributed by atoms with Crippen LogP contribution in [0.4, 0.5) is 0 Å². The summed E-state index contributed by atoms with van der Waals surface area (Å²) in [5.74, 6) is 0. The van der Waals surface area contributed by atoms with Crippen molar-refractivity contribution in [3.63, 3.8) is 0 Å². The van der Waals surface area contributed by atoms with Crippen molar-refractivity contribution in [3.05, 3.63) is 0 Å². The molecule has 32 N–H and O–H groups in total. The highest BCUT2D eigenvalue weighted by Crippen LogP contribution is 2.29. The first kappa shape index (κ1) is 97.3. The van der Waals surface area contributed by atoms with Gasteiger partial charge in [0, 0.05) is 45.8 Å². The van der Waals surface area contributed by atoms with Gasteiger partial charge in [0.15, 0.2) is 45.2 Å². The summed E-state index contributed by atoms with van der Waals surface area (Å²) in [6.07, 6.45) is -37.2. The highest BCUT2D eigenvalue weighted by molar-refractivity contribution is 6.76. The fraction of sp³-hybridized carbons (Fsp3) is 1.00. The summed E-state index contributed by atoms with van der Waals surface area (Å²) in [4.78, 5) is 101. The van der Waals surface area contributed by atoms with E-state index in [1.807, 2.05) is 0 Å². The van der Waals surface area contributed by atoms with Gasteiger partial charge in [-0.3, -0.25) is 26.6 Å². The monoisotopic (exact) mass is 1530 g/mol. The summed E-state index contributed by atoms with van der Waals surface area (Å²) in [6.45, 7) is 22.8.